The quantitative estimate of drug-likeness (QED) is 0.727. The van der Waals surface area contributed by atoms with Crippen LogP contribution in [0.15, 0.2) is 24.4 Å². The second-order valence-electron chi connectivity index (χ2n) is 3.40. The molecular formula is C11H10ClFN2. The van der Waals surface area contributed by atoms with Crippen LogP contribution in [0.25, 0.3) is 5.69 Å². The Kier molecular flexibility index (Phi) is 2.49. The molecule has 0 aliphatic rings. The predicted octanol–water partition coefficient (Wildman–Crippen LogP) is 3.28. The number of hydrogen-bond donors (Lipinski definition) is 0. The van der Waals surface area contributed by atoms with Crippen LogP contribution in [0.3, 0.4) is 0 Å². The van der Waals surface area contributed by atoms with Crippen LogP contribution in [-0.4, -0.2) is 9.78 Å². The first-order valence-corrected chi connectivity index (χ1v) is 4.94. The van der Waals surface area contributed by atoms with E-state index in [9.17, 15) is 4.39 Å². The minimum absolute atomic E-state index is 0.310. The third-order valence-electron chi connectivity index (χ3n) is 2.40. The molecule has 0 amide bonds. The van der Waals surface area contributed by atoms with E-state index < -0.39 is 0 Å². The van der Waals surface area contributed by atoms with Gasteiger partial charge in [-0.1, -0.05) is 17.7 Å². The zero-order valence-electron chi connectivity index (χ0n) is 8.46. The number of aromatic nitrogens is 2. The summed E-state index contributed by atoms with van der Waals surface area (Å²) in [6.45, 7) is 3.80. The molecule has 78 valence electrons. The van der Waals surface area contributed by atoms with E-state index >= 15 is 0 Å². The summed E-state index contributed by atoms with van der Waals surface area (Å²) in [7, 11) is 0. The summed E-state index contributed by atoms with van der Waals surface area (Å²) in [6.07, 6.45) is 1.69. The highest BCUT2D eigenvalue weighted by atomic mass is 35.5. The Hall–Kier alpha value is -1.35. The summed E-state index contributed by atoms with van der Waals surface area (Å²) in [5, 5.41) is 4.46. The molecular weight excluding hydrogens is 215 g/mol. The monoisotopic (exact) mass is 224 g/mol. The zero-order chi connectivity index (χ0) is 11.0. The first kappa shape index (κ1) is 10.2. The van der Waals surface area contributed by atoms with Crippen LogP contribution in [-0.2, 0) is 0 Å². The molecule has 0 aliphatic carbocycles. The second-order valence-corrected chi connectivity index (χ2v) is 3.80. The van der Waals surface area contributed by atoms with Gasteiger partial charge in [-0.15, -0.1) is 0 Å². The largest absolute Gasteiger partial charge is 0.233 e. The van der Waals surface area contributed by atoms with Crippen LogP contribution in [0.5, 0.6) is 0 Å². The molecule has 0 fully saturated rings. The average Bonchev–Trinajstić information content (AvgIpc) is 2.49. The minimum atomic E-state index is -0.367. The van der Waals surface area contributed by atoms with Crippen molar-refractivity contribution >= 4 is 11.6 Å². The fourth-order valence-electron chi connectivity index (χ4n) is 1.41. The van der Waals surface area contributed by atoms with E-state index in [0.29, 0.717) is 10.7 Å². The van der Waals surface area contributed by atoms with Gasteiger partial charge in [0.1, 0.15) is 11.5 Å². The molecule has 0 radical (unpaired) electrons. The van der Waals surface area contributed by atoms with Gasteiger partial charge in [0, 0.05) is 5.69 Å². The van der Waals surface area contributed by atoms with Gasteiger partial charge < -0.3 is 0 Å². The summed E-state index contributed by atoms with van der Waals surface area (Å²) in [6, 6.07) is 4.60. The number of aryl methyl sites for hydroxylation is 1. The Morgan fingerprint density at radius 2 is 2.07 bits per heavy atom. The molecule has 2 nitrogen and oxygen atoms in total. The van der Waals surface area contributed by atoms with Crippen molar-refractivity contribution in [3.05, 3.63) is 46.5 Å². The third kappa shape index (κ3) is 1.63. The van der Waals surface area contributed by atoms with Gasteiger partial charge in [-0.05, 0) is 31.5 Å². The molecule has 0 saturated heterocycles. The highest BCUT2D eigenvalue weighted by Crippen LogP contribution is 2.24. The summed E-state index contributed by atoms with van der Waals surface area (Å²) in [5.41, 5.74) is 2.21. The number of hydrogen-bond acceptors (Lipinski definition) is 1. The maximum absolute atomic E-state index is 13.6. The fraction of sp³-hybridized carbons (Fsp3) is 0.182. The van der Waals surface area contributed by atoms with E-state index in [1.165, 1.54) is 10.7 Å². The van der Waals surface area contributed by atoms with Gasteiger partial charge >= 0.3 is 0 Å². The van der Waals surface area contributed by atoms with Crippen molar-refractivity contribution < 1.29 is 4.39 Å². The van der Waals surface area contributed by atoms with Crippen LogP contribution in [0.2, 0.25) is 5.02 Å². The first-order chi connectivity index (χ1) is 7.11. The van der Waals surface area contributed by atoms with E-state index in [0.717, 1.165) is 11.3 Å². The van der Waals surface area contributed by atoms with Gasteiger partial charge in [0.15, 0.2) is 0 Å². The van der Waals surface area contributed by atoms with Crippen molar-refractivity contribution in [3.63, 3.8) is 0 Å². The molecule has 1 aromatic carbocycles. The Bertz CT molecular complexity index is 485. The lowest BCUT2D eigenvalue weighted by atomic mass is 10.2. The number of rotatable bonds is 1. The summed E-state index contributed by atoms with van der Waals surface area (Å²) < 4.78 is 15.1. The Labute approximate surface area is 92.3 Å². The van der Waals surface area contributed by atoms with Crippen molar-refractivity contribution in [1.82, 2.24) is 9.78 Å². The Balaban J connectivity index is 2.69. The van der Waals surface area contributed by atoms with Gasteiger partial charge in [0.25, 0.3) is 0 Å². The van der Waals surface area contributed by atoms with Gasteiger partial charge in [-0.25, -0.2) is 9.07 Å². The SMILES string of the molecule is Cc1cnn(-c2c(F)cccc2Cl)c1C. The second kappa shape index (κ2) is 3.66. The third-order valence-corrected chi connectivity index (χ3v) is 2.71. The van der Waals surface area contributed by atoms with Crippen molar-refractivity contribution in [2.45, 2.75) is 13.8 Å². The summed E-state index contributed by atoms with van der Waals surface area (Å²) >= 11 is 5.94. The maximum atomic E-state index is 13.6. The van der Waals surface area contributed by atoms with Gasteiger partial charge in [0.2, 0.25) is 0 Å². The Morgan fingerprint density at radius 1 is 1.33 bits per heavy atom. The number of benzene rings is 1. The lowest BCUT2D eigenvalue weighted by molar-refractivity contribution is 0.608. The lowest BCUT2D eigenvalue weighted by Crippen LogP contribution is -2.02. The molecule has 0 spiro atoms. The van der Waals surface area contributed by atoms with Crippen LogP contribution in [0.1, 0.15) is 11.3 Å². The molecule has 0 N–H and O–H groups in total. The topological polar surface area (TPSA) is 17.8 Å². The minimum Gasteiger partial charge on any atom is -0.233 e. The molecule has 2 rings (SSSR count). The maximum Gasteiger partial charge on any atom is 0.150 e. The average molecular weight is 225 g/mol. The van der Waals surface area contributed by atoms with E-state index in [4.69, 9.17) is 11.6 Å². The van der Waals surface area contributed by atoms with E-state index in [-0.39, 0.29) is 5.82 Å². The van der Waals surface area contributed by atoms with Crippen LogP contribution < -0.4 is 0 Å². The van der Waals surface area contributed by atoms with Crippen LogP contribution in [0.4, 0.5) is 4.39 Å². The molecule has 0 unspecified atom stereocenters. The molecule has 0 saturated carbocycles. The molecule has 0 bridgehead atoms. The van der Waals surface area contributed by atoms with Crippen LogP contribution in [0, 0.1) is 19.7 Å². The number of nitrogens with zero attached hydrogens (tertiary/aromatic N) is 2. The Morgan fingerprint density at radius 3 is 2.60 bits per heavy atom. The van der Waals surface area contributed by atoms with E-state index in [1.54, 1.807) is 18.3 Å². The molecule has 0 atom stereocenters. The molecule has 15 heavy (non-hydrogen) atoms. The van der Waals surface area contributed by atoms with Crippen molar-refractivity contribution in [2.24, 2.45) is 0 Å². The van der Waals surface area contributed by atoms with Gasteiger partial charge in [-0.3, -0.25) is 0 Å². The van der Waals surface area contributed by atoms with Crippen molar-refractivity contribution in [3.8, 4) is 5.69 Å². The van der Waals surface area contributed by atoms with Crippen molar-refractivity contribution in [2.75, 3.05) is 0 Å². The van der Waals surface area contributed by atoms with Gasteiger partial charge in [-0.2, -0.15) is 5.10 Å². The highest BCUT2D eigenvalue weighted by molar-refractivity contribution is 6.32. The lowest BCUT2D eigenvalue weighted by Gasteiger charge is -2.07. The normalized spacial score (nSPS) is 10.7. The predicted molar refractivity (Wildman–Crippen MR) is 58.0 cm³/mol. The first-order valence-electron chi connectivity index (χ1n) is 4.57. The van der Waals surface area contributed by atoms with Gasteiger partial charge in [0.05, 0.1) is 11.2 Å². The van der Waals surface area contributed by atoms with Crippen LogP contribution >= 0.6 is 11.6 Å². The molecule has 1 heterocycles. The number of halogens is 2. The summed E-state index contributed by atoms with van der Waals surface area (Å²) in [5.74, 6) is -0.367. The summed E-state index contributed by atoms with van der Waals surface area (Å²) in [4.78, 5) is 0. The van der Waals surface area contributed by atoms with Crippen molar-refractivity contribution in [1.29, 1.82) is 0 Å². The zero-order valence-corrected chi connectivity index (χ0v) is 9.22. The van der Waals surface area contributed by atoms with E-state index in [2.05, 4.69) is 5.10 Å². The molecule has 2 aromatic rings. The molecule has 0 aliphatic heterocycles. The molecule has 4 heteroatoms. The standard InChI is InChI=1S/C11H10ClFN2/c1-7-6-14-15(8(7)2)11-9(12)4-3-5-10(11)13/h3-6H,1-2H3. The number of para-hydroxylation sites is 1. The smallest absolute Gasteiger partial charge is 0.150 e. The molecule has 1 aromatic heterocycles. The van der Waals surface area contributed by atoms with E-state index in [1.807, 2.05) is 13.8 Å². The fourth-order valence-corrected chi connectivity index (χ4v) is 1.65. The highest BCUT2D eigenvalue weighted by Gasteiger charge is 2.12.